The van der Waals surface area contributed by atoms with Crippen molar-refractivity contribution in [1.29, 1.82) is 0 Å². The predicted octanol–water partition coefficient (Wildman–Crippen LogP) is 5.09. The summed E-state index contributed by atoms with van der Waals surface area (Å²) in [4.78, 5) is 7.80. The van der Waals surface area contributed by atoms with Crippen LogP contribution in [0.15, 0.2) is 71.9 Å². The van der Waals surface area contributed by atoms with Gasteiger partial charge in [-0.25, -0.2) is 22.2 Å². The Kier molecular flexibility index (Phi) is 6.08. The van der Waals surface area contributed by atoms with Crippen molar-refractivity contribution < 1.29 is 21.9 Å². The molecule has 37 heavy (non-hydrogen) atoms. The Bertz CT molecular complexity index is 1770. The van der Waals surface area contributed by atoms with E-state index in [0.717, 1.165) is 45.6 Å². The molecule has 0 bridgehead atoms. The molecule has 2 aromatic carbocycles. The number of aromatic nitrogens is 4. The number of halogens is 2. The van der Waals surface area contributed by atoms with E-state index in [-0.39, 0.29) is 11.6 Å². The maximum absolute atomic E-state index is 14.2. The molecule has 0 saturated heterocycles. The maximum atomic E-state index is 14.2. The lowest BCUT2D eigenvalue weighted by atomic mass is 10.0. The molecule has 0 unspecified atom stereocenters. The summed E-state index contributed by atoms with van der Waals surface area (Å²) in [6, 6.07) is 13.3. The van der Waals surface area contributed by atoms with Gasteiger partial charge in [-0.15, -0.1) is 0 Å². The van der Waals surface area contributed by atoms with E-state index in [0.29, 0.717) is 11.6 Å². The van der Waals surface area contributed by atoms with Gasteiger partial charge in [-0.1, -0.05) is 6.07 Å². The third-order valence-electron chi connectivity index (χ3n) is 5.81. The minimum Gasteiger partial charge on any atom is -0.480 e. The minimum absolute atomic E-state index is 0.00000867. The zero-order chi connectivity index (χ0) is 26.3. The number of ether oxygens (including phenoxy) is 1. The van der Waals surface area contributed by atoms with Gasteiger partial charge in [0.2, 0.25) is 5.88 Å². The minimum atomic E-state index is -4.40. The molecule has 3 aromatic heterocycles. The fourth-order valence-electron chi connectivity index (χ4n) is 4.15. The van der Waals surface area contributed by atoms with Crippen molar-refractivity contribution in [2.75, 3.05) is 11.8 Å². The molecule has 11 heteroatoms. The molecule has 0 aliphatic carbocycles. The number of anilines is 1. The first-order valence-electron chi connectivity index (χ1n) is 11.1. The van der Waals surface area contributed by atoms with E-state index >= 15 is 0 Å². The van der Waals surface area contributed by atoms with Crippen LogP contribution in [0.2, 0.25) is 0 Å². The van der Waals surface area contributed by atoms with Crippen molar-refractivity contribution >= 4 is 26.6 Å². The summed E-state index contributed by atoms with van der Waals surface area (Å²) in [7, 11) is -1.20. The molecule has 5 aromatic rings. The van der Waals surface area contributed by atoms with E-state index in [1.165, 1.54) is 7.11 Å². The third kappa shape index (κ3) is 4.60. The Balaban J connectivity index is 1.58. The van der Waals surface area contributed by atoms with Crippen LogP contribution >= 0.6 is 0 Å². The molecule has 0 atom stereocenters. The third-order valence-corrected chi connectivity index (χ3v) is 7.21. The van der Waals surface area contributed by atoms with Crippen LogP contribution in [0.4, 0.5) is 14.5 Å². The zero-order valence-corrected chi connectivity index (χ0v) is 20.8. The number of pyridine rings is 2. The summed E-state index contributed by atoms with van der Waals surface area (Å²) < 4.78 is 62.6. The number of sulfonamides is 1. The van der Waals surface area contributed by atoms with Crippen molar-refractivity contribution in [1.82, 2.24) is 19.7 Å². The molecule has 0 aliphatic rings. The summed E-state index contributed by atoms with van der Waals surface area (Å²) in [6.07, 6.45) is 3.28. The highest BCUT2D eigenvalue weighted by Crippen LogP contribution is 2.34. The Morgan fingerprint density at radius 3 is 2.49 bits per heavy atom. The van der Waals surface area contributed by atoms with E-state index in [4.69, 9.17) is 4.74 Å². The van der Waals surface area contributed by atoms with Gasteiger partial charge in [-0.3, -0.25) is 14.4 Å². The SMILES string of the molecule is COc1ncc(-c2ccc3nn(C)c(-c4ccnc(C)c4)c3c2)cc1NS(=O)(=O)c1ccc(F)cc1F. The topological polar surface area (TPSA) is 99.0 Å². The van der Waals surface area contributed by atoms with E-state index in [9.17, 15) is 17.2 Å². The van der Waals surface area contributed by atoms with Crippen LogP contribution in [-0.2, 0) is 17.1 Å². The lowest BCUT2D eigenvalue weighted by molar-refractivity contribution is 0.400. The van der Waals surface area contributed by atoms with Gasteiger partial charge in [0.1, 0.15) is 22.2 Å². The van der Waals surface area contributed by atoms with Crippen molar-refractivity contribution in [3.05, 3.63) is 84.3 Å². The van der Waals surface area contributed by atoms with E-state index < -0.39 is 26.6 Å². The monoisotopic (exact) mass is 521 g/mol. The number of methoxy groups -OCH3 is 1. The molecule has 3 heterocycles. The van der Waals surface area contributed by atoms with Crippen LogP contribution in [0.3, 0.4) is 0 Å². The molecule has 1 N–H and O–H groups in total. The smallest absolute Gasteiger partial charge is 0.264 e. The maximum Gasteiger partial charge on any atom is 0.264 e. The Morgan fingerprint density at radius 1 is 0.946 bits per heavy atom. The van der Waals surface area contributed by atoms with Crippen molar-refractivity contribution in [3.63, 3.8) is 0 Å². The van der Waals surface area contributed by atoms with Crippen LogP contribution in [-0.4, -0.2) is 35.3 Å². The van der Waals surface area contributed by atoms with Gasteiger partial charge in [0.15, 0.2) is 0 Å². The summed E-state index contributed by atoms with van der Waals surface area (Å²) in [5.74, 6) is -2.11. The standard InChI is InChI=1S/C26H21F2N5O3S/c1-15-10-17(8-9-29-15)25-20-11-16(4-6-22(20)31-33(25)2)18-12-23(26(36-3)30-14-18)32-37(34,35)24-7-5-19(27)13-21(24)28/h4-14,32H,1-3H3. The van der Waals surface area contributed by atoms with Gasteiger partial charge in [-0.05, 0) is 55.0 Å². The lowest BCUT2D eigenvalue weighted by Crippen LogP contribution is -2.15. The number of hydrogen-bond donors (Lipinski definition) is 1. The molecular formula is C26H21F2N5O3S. The molecule has 0 saturated carbocycles. The van der Waals surface area contributed by atoms with Gasteiger partial charge in [0.05, 0.1) is 18.3 Å². The average Bonchev–Trinajstić information content (AvgIpc) is 3.18. The highest BCUT2D eigenvalue weighted by molar-refractivity contribution is 7.92. The quantitative estimate of drug-likeness (QED) is 0.334. The molecule has 0 radical (unpaired) electrons. The first-order chi connectivity index (χ1) is 17.7. The fraction of sp³-hybridized carbons (Fsp3) is 0.115. The van der Waals surface area contributed by atoms with Crippen LogP contribution in [0, 0.1) is 18.6 Å². The van der Waals surface area contributed by atoms with Crippen molar-refractivity contribution in [2.45, 2.75) is 11.8 Å². The summed E-state index contributed by atoms with van der Waals surface area (Å²) in [6.45, 7) is 1.91. The number of aryl methyl sites for hydroxylation is 2. The molecule has 0 spiro atoms. The number of benzene rings is 2. The highest BCUT2D eigenvalue weighted by Gasteiger charge is 2.22. The van der Waals surface area contributed by atoms with Gasteiger partial charge in [-0.2, -0.15) is 5.10 Å². The molecule has 5 rings (SSSR count). The van der Waals surface area contributed by atoms with E-state index in [2.05, 4.69) is 19.8 Å². The first-order valence-corrected chi connectivity index (χ1v) is 12.6. The molecule has 0 aliphatic heterocycles. The Morgan fingerprint density at radius 2 is 1.76 bits per heavy atom. The first kappa shape index (κ1) is 24.3. The normalized spacial score (nSPS) is 11.6. The highest BCUT2D eigenvalue weighted by atomic mass is 32.2. The van der Waals surface area contributed by atoms with Gasteiger partial charge in [0.25, 0.3) is 10.0 Å². The molecule has 0 amide bonds. The van der Waals surface area contributed by atoms with E-state index in [1.54, 1.807) is 23.1 Å². The van der Waals surface area contributed by atoms with Crippen LogP contribution in [0.5, 0.6) is 5.88 Å². The largest absolute Gasteiger partial charge is 0.480 e. The molecule has 188 valence electrons. The second kappa shape index (κ2) is 9.25. The van der Waals surface area contributed by atoms with Gasteiger partial charge in [0, 0.05) is 47.7 Å². The Hall–Kier alpha value is -4.38. The summed E-state index contributed by atoms with van der Waals surface area (Å²) >= 11 is 0. The predicted molar refractivity (Wildman–Crippen MR) is 136 cm³/mol. The van der Waals surface area contributed by atoms with Crippen LogP contribution in [0.25, 0.3) is 33.3 Å². The number of hydrogen-bond acceptors (Lipinski definition) is 6. The summed E-state index contributed by atoms with van der Waals surface area (Å²) in [5, 5.41) is 5.49. The number of fused-ring (bicyclic) bond motifs is 1. The average molecular weight is 522 g/mol. The fourth-order valence-corrected chi connectivity index (χ4v) is 5.26. The number of rotatable bonds is 6. The van der Waals surface area contributed by atoms with Gasteiger partial charge < -0.3 is 4.74 Å². The summed E-state index contributed by atoms with van der Waals surface area (Å²) in [5.41, 5.74) is 4.84. The second-order valence-corrected chi connectivity index (χ2v) is 10.0. The van der Waals surface area contributed by atoms with Crippen LogP contribution < -0.4 is 9.46 Å². The second-order valence-electron chi connectivity index (χ2n) is 8.35. The van der Waals surface area contributed by atoms with E-state index in [1.807, 2.05) is 44.3 Å². The van der Waals surface area contributed by atoms with Crippen molar-refractivity contribution in [2.24, 2.45) is 7.05 Å². The van der Waals surface area contributed by atoms with Gasteiger partial charge >= 0.3 is 0 Å². The molecule has 0 fully saturated rings. The van der Waals surface area contributed by atoms with Crippen molar-refractivity contribution in [3.8, 4) is 28.3 Å². The molecule has 8 nitrogen and oxygen atoms in total. The lowest BCUT2D eigenvalue weighted by Gasteiger charge is -2.13. The number of nitrogens with one attached hydrogen (secondary N) is 1. The van der Waals surface area contributed by atoms with Crippen LogP contribution in [0.1, 0.15) is 5.69 Å². The number of nitrogens with zero attached hydrogens (tertiary/aromatic N) is 4. The zero-order valence-electron chi connectivity index (χ0n) is 20.0. The Labute approximate surface area is 211 Å². The molecular weight excluding hydrogens is 500 g/mol.